The molecule has 122 valence electrons. The molecule has 0 aliphatic rings. The van der Waals surface area contributed by atoms with E-state index in [2.05, 4.69) is 0 Å². The van der Waals surface area contributed by atoms with Gasteiger partial charge in [-0.1, -0.05) is 23.2 Å². The van der Waals surface area contributed by atoms with Crippen molar-refractivity contribution < 1.29 is 19.9 Å². The first kappa shape index (κ1) is 17.3. The van der Waals surface area contributed by atoms with Crippen molar-refractivity contribution in [2.75, 3.05) is 0 Å². The fourth-order valence-electron chi connectivity index (χ4n) is 1.94. The van der Waals surface area contributed by atoms with Crippen molar-refractivity contribution >= 4 is 40.5 Å². The van der Waals surface area contributed by atoms with Gasteiger partial charge in [-0.15, -0.1) is 0 Å². The van der Waals surface area contributed by atoms with Gasteiger partial charge >= 0.3 is 5.69 Å². The van der Waals surface area contributed by atoms with E-state index >= 15 is 0 Å². The topological polar surface area (TPSA) is 134 Å². The number of aromatic hydroxyl groups is 2. The lowest BCUT2D eigenvalue weighted by atomic mass is 10.0. The number of aromatic nitrogens is 1. The molecule has 1 heterocycles. The van der Waals surface area contributed by atoms with Crippen molar-refractivity contribution in [2.24, 2.45) is 0 Å². The van der Waals surface area contributed by atoms with E-state index in [1.807, 2.05) is 6.07 Å². The summed E-state index contributed by atoms with van der Waals surface area (Å²) in [5.41, 5.74) is -0.714. The standard InChI is InChI=1S/C14H7Cl2N3O5/c15-9-5-18(22)6-10(16)13(9)8(4-17)1-7-2-11(19(23)24)14(21)12(20)3-7/h1-3,5-6,20-21H/b8-1+. The van der Waals surface area contributed by atoms with E-state index in [0.29, 0.717) is 4.73 Å². The van der Waals surface area contributed by atoms with Crippen LogP contribution in [0.25, 0.3) is 11.6 Å². The molecule has 0 saturated carbocycles. The number of pyridine rings is 1. The minimum absolute atomic E-state index is 0.0551. The zero-order chi connectivity index (χ0) is 18.0. The van der Waals surface area contributed by atoms with E-state index in [1.54, 1.807) is 0 Å². The number of benzene rings is 1. The third-order valence-electron chi connectivity index (χ3n) is 2.95. The van der Waals surface area contributed by atoms with Crippen molar-refractivity contribution in [3.05, 3.63) is 61.0 Å². The molecule has 0 atom stereocenters. The number of hydrogen-bond acceptors (Lipinski definition) is 6. The van der Waals surface area contributed by atoms with Crippen LogP contribution in [0.2, 0.25) is 10.0 Å². The molecule has 1 aromatic carbocycles. The Morgan fingerprint density at radius 2 is 1.88 bits per heavy atom. The molecule has 0 amide bonds. The van der Waals surface area contributed by atoms with Crippen molar-refractivity contribution in [3.8, 4) is 17.6 Å². The molecule has 2 N–H and O–H groups in total. The number of rotatable bonds is 3. The maximum Gasteiger partial charge on any atom is 0.315 e. The molecule has 0 bridgehead atoms. The number of hydrogen-bond donors (Lipinski definition) is 2. The van der Waals surface area contributed by atoms with E-state index in [0.717, 1.165) is 24.5 Å². The second-order valence-electron chi connectivity index (χ2n) is 4.52. The van der Waals surface area contributed by atoms with Crippen LogP contribution in [0.15, 0.2) is 24.5 Å². The molecule has 2 rings (SSSR count). The summed E-state index contributed by atoms with van der Waals surface area (Å²) in [5, 5.41) is 50.2. The Hall–Kier alpha value is -3.02. The lowest BCUT2D eigenvalue weighted by molar-refractivity contribution is -0.605. The molecule has 0 fully saturated rings. The number of phenols is 2. The third kappa shape index (κ3) is 3.32. The van der Waals surface area contributed by atoms with E-state index in [9.17, 15) is 30.8 Å². The van der Waals surface area contributed by atoms with E-state index in [1.165, 1.54) is 6.08 Å². The fourth-order valence-corrected chi connectivity index (χ4v) is 2.58. The van der Waals surface area contributed by atoms with E-state index in [4.69, 9.17) is 23.2 Å². The van der Waals surface area contributed by atoms with Crippen LogP contribution in [0, 0.1) is 26.7 Å². The zero-order valence-electron chi connectivity index (χ0n) is 11.6. The predicted molar refractivity (Wildman–Crippen MR) is 85.3 cm³/mol. The van der Waals surface area contributed by atoms with Crippen LogP contribution in [0.4, 0.5) is 5.69 Å². The van der Waals surface area contributed by atoms with Crippen molar-refractivity contribution in [1.29, 1.82) is 5.26 Å². The highest BCUT2D eigenvalue weighted by Gasteiger charge is 2.20. The molecule has 0 aliphatic heterocycles. The van der Waals surface area contributed by atoms with Crippen molar-refractivity contribution in [3.63, 3.8) is 0 Å². The molecule has 0 saturated heterocycles. The molecular formula is C14H7Cl2N3O5. The van der Waals surface area contributed by atoms with Gasteiger partial charge in [-0.05, 0) is 17.7 Å². The highest BCUT2D eigenvalue weighted by atomic mass is 35.5. The Bertz CT molecular complexity index is 898. The number of nitro benzene ring substituents is 1. The van der Waals surface area contributed by atoms with Crippen molar-refractivity contribution in [1.82, 2.24) is 0 Å². The summed E-state index contributed by atoms with van der Waals surface area (Å²) in [5.74, 6) is -1.62. The predicted octanol–water partition coefficient (Wildman–Crippen LogP) is 3.01. The summed E-state index contributed by atoms with van der Waals surface area (Å²) in [6.45, 7) is 0. The molecule has 0 aliphatic carbocycles. The molecule has 8 nitrogen and oxygen atoms in total. The quantitative estimate of drug-likeness (QED) is 0.214. The largest absolute Gasteiger partial charge is 0.619 e. The van der Waals surface area contributed by atoms with Gasteiger partial charge in [0.1, 0.15) is 10.0 Å². The number of nitrogens with zero attached hydrogens (tertiary/aromatic N) is 3. The fraction of sp³-hybridized carbons (Fsp3) is 0. The van der Waals surface area contributed by atoms with Gasteiger partial charge in [-0.3, -0.25) is 10.1 Å². The van der Waals surface area contributed by atoms with Crippen LogP contribution in [-0.2, 0) is 0 Å². The smallest absolute Gasteiger partial charge is 0.315 e. The molecular weight excluding hydrogens is 361 g/mol. The number of halogens is 2. The molecule has 24 heavy (non-hydrogen) atoms. The Labute approximate surface area is 144 Å². The summed E-state index contributed by atoms with van der Waals surface area (Å²) in [6.07, 6.45) is 3.16. The van der Waals surface area contributed by atoms with Gasteiger partial charge in [0.25, 0.3) is 0 Å². The van der Waals surface area contributed by atoms with Gasteiger partial charge < -0.3 is 15.4 Å². The van der Waals surface area contributed by atoms with Gasteiger partial charge in [0.2, 0.25) is 5.75 Å². The van der Waals surface area contributed by atoms with Crippen LogP contribution in [0.1, 0.15) is 11.1 Å². The highest BCUT2D eigenvalue weighted by Crippen LogP contribution is 2.38. The molecule has 0 radical (unpaired) electrons. The van der Waals surface area contributed by atoms with Gasteiger partial charge in [0.15, 0.2) is 18.1 Å². The summed E-state index contributed by atoms with van der Waals surface area (Å²) in [4.78, 5) is 9.98. The monoisotopic (exact) mass is 367 g/mol. The summed E-state index contributed by atoms with van der Waals surface area (Å²) in [6, 6.07) is 3.81. The molecule has 10 heteroatoms. The maximum absolute atomic E-state index is 11.2. The lowest BCUT2D eigenvalue weighted by Gasteiger charge is -2.06. The van der Waals surface area contributed by atoms with Crippen LogP contribution in [0.3, 0.4) is 0 Å². The van der Waals surface area contributed by atoms with Gasteiger partial charge in [0.05, 0.1) is 16.6 Å². The second kappa shape index (κ2) is 6.62. The highest BCUT2D eigenvalue weighted by molar-refractivity contribution is 6.37. The normalized spacial score (nSPS) is 11.1. The van der Waals surface area contributed by atoms with Crippen LogP contribution < -0.4 is 4.73 Å². The number of phenolic OH excluding ortho intramolecular Hbond substituents is 2. The Morgan fingerprint density at radius 1 is 1.29 bits per heavy atom. The molecule has 0 spiro atoms. The average Bonchev–Trinajstić information content (AvgIpc) is 2.48. The molecule has 0 unspecified atom stereocenters. The van der Waals surface area contributed by atoms with Crippen molar-refractivity contribution in [2.45, 2.75) is 0 Å². The van der Waals surface area contributed by atoms with Crippen LogP contribution in [-0.4, -0.2) is 15.1 Å². The lowest BCUT2D eigenvalue weighted by Crippen LogP contribution is -2.25. The third-order valence-corrected chi connectivity index (χ3v) is 3.52. The Morgan fingerprint density at radius 3 is 2.38 bits per heavy atom. The second-order valence-corrected chi connectivity index (χ2v) is 5.34. The van der Waals surface area contributed by atoms with Crippen LogP contribution >= 0.6 is 23.2 Å². The van der Waals surface area contributed by atoms with E-state index in [-0.39, 0.29) is 26.7 Å². The Balaban J connectivity index is 2.66. The van der Waals surface area contributed by atoms with Gasteiger partial charge in [0, 0.05) is 11.6 Å². The first-order chi connectivity index (χ1) is 11.2. The Kier molecular flexibility index (Phi) is 4.78. The maximum atomic E-state index is 11.2. The van der Waals surface area contributed by atoms with Crippen LogP contribution in [0.5, 0.6) is 11.5 Å². The average molecular weight is 368 g/mol. The molecule has 2 aromatic rings. The first-order valence-corrected chi connectivity index (χ1v) is 6.90. The number of nitro groups is 1. The number of allylic oxidation sites excluding steroid dienone is 1. The zero-order valence-corrected chi connectivity index (χ0v) is 13.1. The summed E-state index contributed by atoms with van der Waals surface area (Å²) >= 11 is 11.8. The molecule has 1 aromatic heterocycles. The number of nitriles is 1. The SMILES string of the molecule is N#C/C(=C\c1cc(O)c(O)c([N+](=O)[O-])c1)c1c(Cl)c[n+]([O-])cc1Cl. The minimum atomic E-state index is -0.890. The minimum Gasteiger partial charge on any atom is -0.619 e. The first-order valence-electron chi connectivity index (χ1n) is 6.15. The summed E-state index contributed by atoms with van der Waals surface area (Å²) < 4.78 is 0.361. The van der Waals surface area contributed by atoms with Gasteiger partial charge in [-0.2, -0.15) is 9.99 Å². The van der Waals surface area contributed by atoms with Gasteiger partial charge in [-0.25, -0.2) is 0 Å². The van der Waals surface area contributed by atoms with E-state index < -0.39 is 22.1 Å². The summed E-state index contributed by atoms with van der Waals surface area (Å²) in [7, 11) is 0.